The molecule has 94 valence electrons. The minimum atomic E-state index is -0.0583. The number of hydrogen-bond donors (Lipinski definition) is 3. The van der Waals surface area contributed by atoms with Gasteiger partial charge in [-0.3, -0.25) is 0 Å². The second-order valence-electron chi connectivity index (χ2n) is 4.81. The molecular weight excluding hydrogens is 204 g/mol. The van der Waals surface area contributed by atoms with Crippen LogP contribution in [-0.4, -0.2) is 30.3 Å². The Kier molecular flexibility index (Phi) is 6.23. The molecule has 4 nitrogen and oxygen atoms in total. The summed E-state index contributed by atoms with van der Waals surface area (Å²) in [6, 6.07) is 0.307. The van der Waals surface area contributed by atoms with E-state index in [0.29, 0.717) is 12.6 Å². The number of aliphatic hydroxyl groups is 1. The molecule has 2 amide bonds. The van der Waals surface area contributed by atoms with Crippen LogP contribution in [0.2, 0.25) is 0 Å². The van der Waals surface area contributed by atoms with Crippen molar-refractivity contribution in [2.24, 2.45) is 5.92 Å². The highest BCUT2D eigenvalue weighted by Crippen LogP contribution is 2.17. The average molecular weight is 228 g/mol. The summed E-state index contributed by atoms with van der Waals surface area (Å²) in [7, 11) is 0. The molecule has 0 aromatic rings. The van der Waals surface area contributed by atoms with Crippen LogP contribution in [0.4, 0.5) is 4.79 Å². The Bertz CT molecular complexity index is 203. The van der Waals surface area contributed by atoms with Gasteiger partial charge in [-0.2, -0.15) is 0 Å². The third-order valence-electron chi connectivity index (χ3n) is 3.17. The lowest BCUT2D eigenvalue weighted by molar-refractivity contribution is 0.221. The van der Waals surface area contributed by atoms with Crippen LogP contribution in [0.1, 0.15) is 45.4 Å². The van der Waals surface area contributed by atoms with Crippen molar-refractivity contribution < 1.29 is 9.90 Å². The first-order chi connectivity index (χ1) is 7.72. The summed E-state index contributed by atoms with van der Waals surface area (Å²) in [6.07, 6.45) is 6.81. The maximum atomic E-state index is 11.5. The summed E-state index contributed by atoms with van der Waals surface area (Å²) < 4.78 is 0. The summed E-state index contributed by atoms with van der Waals surface area (Å²) in [5, 5.41) is 14.7. The predicted molar refractivity (Wildman–Crippen MR) is 64.3 cm³/mol. The van der Waals surface area contributed by atoms with Crippen LogP contribution in [0.3, 0.4) is 0 Å². The zero-order valence-corrected chi connectivity index (χ0v) is 10.2. The van der Waals surface area contributed by atoms with Crippen molar-refractivity contribution in [1.29, 1.82) is 0 Å². The monoisotopic (exact) mass is 228 g/mol. The summed E-state index contributed by atoms with van der Waals surface area (Å²) in [6.45, 7) is 2.80. The molecule has 1 atom stereocenters. The van der Waals surface area contributed by atoms with Crippen LogP contribution in [0.15, 0.2) is 0 Å². The molecule has 1 saturated carbocycles. The molecule has 0 aromatic carbocycles. The smallest absolute Gasteiger partial charge is 0.315 e. The van der Waals surface area contributed by atoms with E-state index in [1.165, 1.54) is 19.3 Å². The minimum Gasteiger partial charge on any atom is -0.396 e. The lowest BCUT2D eigenvalue weighted by Crippen LogP contribution is -2.43. The zero-order chi connectivity index (χ0) is 11.8. The van der Waals surface area contributed by atoms with E-state index < -0.39 is 0 Å². The fourth-order valence-electron chi connectivity index (χ4n) is 2.01. The standard InChI is InChI=1S/C12H24N2O2/c1-10(9-15)7-8-13-12(16)14-11-5-3-2-4-6-11/h10-11,15H,2-9H2,1H3,(H2,13,14,16). The van der Waals surface area contributed by atoms with Gasteiger partial charge in [0, 0.05) is 19.2 Å². The fourth-order valence-corrected chi connectivity index (χ4v) is 2.01. The van der Waals surface area contributed by atoms with Gasteiger partial charge in [-0.15, -0.1) is 0 Å². The molecule has 1 unspecified atom stereocenters. The maximum absolute atomic E-state index is 11.5. The number of amides is 2. The zero-order valence-electron chi connectivity index (χ0n) is 10.2. The van der Waals surface area contributed by atoms with E-state index in [-0.39, 0.29) is 18.6 Å². The van der Waals surface area contributed by atoms with Crippen molar-refractivity contribution in [2.45, 2.75) is 51.5 Å². The fraction of sp³-hybridized carbons (Fsp3) is 0.917. The van der Waals surface area contributed by atoms with Crippen molar-refractivity contribution in [1.82, 2.24) is 10.6 Å². The number of carbonyl (C=O) groups is 1. The first-order valence-corrected chi connectivity index (χ1v) is 6.37. The summed E-state index contributed by atoms with van der Waals surface area (Å²) in [4.78, 5) is 11.5. The Labute approximate surface area is 97.8 Å². The first-order valence-electron chi connectivity index (χ1n) is 6.37. The van der Waals surface area contributed by atoms with Gasteiger partial charge in [0.05, 0.1) is 0 Å². The van der Waals surface area contributed by atoms with Gasteiger partial charge in [0.1, 0.15) is 0 Å². The van der Waals surface area contributed by atoms with Crippen LogP contribution in [0.5, 0.6) is 0 Å². The van der Waals surface area contributed by atoms with Gasteiger partial charge in [-0.25, -0.2) is 4.79 Å². The number of urea groups is 1. The van der Waals surface area contributed by atoms with Crippen LogP contribution in [-0.2, 0) is 0 Å². The molecular formula is C12H24N2O2. The SMILES string of the molecule is CC(CO)CCNC(=O)NC1CCCCC1. The van der Waals surface area contributed by atoms with Gasteiger partial charge in [0.2, 0.25) is 0 Å². The minimum absolute atomic E-state index is 0.0583. The van der Waals surface area contributed by atoms with Gasteiger partial charge in [-0.05, 0) is 25.2 Å². The van der Waals surface area contributed by atoms with Crippen LogP contribution < -0.4 is 10.6 Å². The van der Waals surface area contributed by atoms with Crippen molar-refractivity contribution in [3.63, 3.8) is 0 Å². The second-order valence-corrected chi connectivity index (χ2v) is 4.81. The normalized spacial score (nSPS) is 19.1. The van der Waals surface area contributed by atoms with Gasteiger partial charge < -0.3 is 15.7 Å². The maximum Gasteiger partial charge on any atom is 0.315 e. The van der Waals surface area contributed by atoms with E-state index in [9.17, 15) is 4.79 Å². The number of carbonyl (C=O) groups excluding carboxylic acids is 1. The van der Waals surface area contributed by atoms with Gasteiger partial charge in [-0.1, -0.05) is 26.2 Å². The quantitative estimate of drug-likeness (QED) is 0.670. The van der Waals surface area contributed by atoms with Gasteiger partial charge >= 0.3 is 6.03 Å². The Balaban J connectivity index is 2.05. The highest BCUT2D eigenvalue weighted by Gasteiger charge is 2.15. The summed E-state index contributed by atoms with van der Waals surface area (Å²) in [5.41, 5.74) is 0. The van der Waals surface area contributed by atoms with Crippen molar-refractivity contribution in [3.8, 4) is 0 Å². The highest BCUT2D eigenvalue weighted by atomic mass is 16.3. The lowest BCUT2D eigenvalue weighted by atomic mass is 9.96. The van der Waals surface area contributed by atoms with Crippen LogP contribution >= 0.6 is 0 Å². The third kappa shape index (κ3) is 5.35. The van der Waals surface area contributed by atoms with E-state index in [1.807, 2.05) is 6.92 Å². The Morgan fingerprint density at radius 1 is 1.38 bits per heavy atom. The Hall–Kier alpha value is -0.770. The Morgan fingerprint density at radius 2 is 2.06 bits per heavy atom. The summed E-state index contributed by atoms with van der Waals surface area (Å²) in [5.74, 6) is 0.259. The van der Waals surface area contributed by atoms with E-state index >= 15 is 0 Å². The topological polar surface area (TPSA) is 61.4 Å². The third-order valence-corrected chi connectivity index (χ3v) is 3.17. The number of nitrogens with one attached hydrogen (secondary N) is 2. The number of rotatable bonds is 5. The molecule has 1 aliphatic rings. The molecule has 16 heavy (non-hydrogen) atoms. The molecule has 1 rings (SSSR count). The predicted octanol–water partition coefficient (Wildman–Crippen LogP) is 1.64. The average Bonchev–Trinajstić information content (AvgIpc) is 2.30. The van der Waals surface area contributed by atoms with Crippen LogP contribution in [0, 0.1) is 5.92 Å². The molecule has 1 aliphatic carbocycles. The second kappa shape index (κ2) is 7.49. The van der Waals surface area contributed by atoms with Gasteiger partial charge in [0.15, 0.2) is 0 Å². The largest absolute Gasteiger partial charge is 0.396 e. The molecule has 0 radical (unpaired) electrons. The number of aliphatic hydroxyl groups excluding tert-OH is 1. The van der Waals surface area contributed by atoms with Crippen molar-refractivity contribution in [3.05, 3.63) is 0 Å². The highest BCUT2D eigenvalue weighted by molar-refractivity contribution is 5.74. The molecule has 0 bridgehead atoms. The van der Waals surface area contributed by atoms with Gasteiger partial charge in [0.25, 0.3) is 0 Å². The molecule has 0 saturated heterocycles. The van der Waals surface area contributed by atoms with Crippen molar-refractivity contribution in [2.75, 3.05) is 13.2 Å². The molecule has 3 N–H and O–H groups in total. The van der Waals surface area contributed by atoms with E-state index in [4.69, 9.17) is 5.11 Å². The summed E-state index contributed by atoms with van der Waals surface area (Å²) >= 11 is 0. The van der Waals surface area contributed by atoms with E-state index in [0.717, 1.165) is 19.3 Å². The Morgan fingerprint density at radius 3 is 2.69 bits per heavy atom. The lowest BCUT2D eigenvalue weighted by Gasteiger charge is -2.23. The molecule has 1 fully saturated rings. The molecule has 0 spiro atoms. The molecule has 0 heterocycles. The van der Waals surface area contributed by atoms with Crippen molar-refractivity contribution >= 4 is 6.03 Å². The first kappa shape index (κ1) is 13.3. The molecule has 0 aliphatic heterocycles. The van der Waals surface area contributed by atoms with E-state index in [2.05, 4.69) is 10.6 Å². The van der Waals surface area contributed by atoms with Crippen LogP contribution in [0.25, 0.3) is 0 Å². The number of hydrogen-bond acceptors (Lipinski definition) is 2. The molecule has 0 aromatic heterocycles. The van der Waals surface area contributed by atoms with E-state index in [1.54, 1.807) is 0 Å². The molecule has 4 heteroatoms.